The number of carbonyl (C=O) groups is 4. The van der Waals surface area contributed by atoms with Gasteiger partial charge in [-0.05, 0) is 31.1 Å². The van der Waals surface area contributed by atoms with Crippen LogP contribution in [0.3, 0.4) is 0 Å². The molecule has 1 heterocycles. The maximum absolute atomic E-state index is 12.5. The van der Waals surface area contributed by atoms with Crippen molar-refractivity contribution in [1.82, 2.24) is 20.4 Å². The lowest BCUT2D eigenvalue weighted by Crippen LogP contribution is -2.53. The number of carbonyl (C=O) groups excluding carboxylic acids is 4. The number of rotatable bonds is 17. The molecule has 44 heavy (non-hydrogen) atoms. The molecule has 1 fully saturated rings. The lowest BCUT2D eigenvalue weighted by Gasteiger charge is -2.37. The van der Waals surface area contributed by atoms with Gasteiger partial charge >= 0.3 is 0 Å². The summed E-state index contributed by atoms with van der Waals surface area (Å²) >= 11 is 0. The number of nitrogens with zero attached hydrogens (tertiary/aromatic N) is 2. The van der Waals surface area contributed by atoms with Crippen molar-refractivity contribution in [1.29, 1.82) is 0 Å². The molecule has 0 aromatic heterocycles. The average Bonchev–Trinajstić information content (AvgIpc) is 3.49. The van der Waals surface area contributed by atoms with E-state index >= 15 is 0 Å². The molecule has 11 nitrogen and oxygen atoms in total. The average molecular weight is 634 g/mol. The molecule has 0 aromatic carbocycles. The molecule has 0 bridgehead atoms. The van der Waals surface area contributed by atoms with Crippen LogP contribution >= 0.6 is 0 Å². The van der Waals surface area contributed by atoms with Crippen LogP contribution in [0.15, 0.2) is 0 Å². The number of nitrogens with two attached hydrogens (primary N) is 1. The smallest absolute Gasteiger partial charge is 0.242 e. The molecule has 1 aliphatic rings. The van der Waals surface area contributed by atoms with Crippen molar-refractivity contribution in [3.05, 3.63) is 0 Å². The lowest BCUT2D eigenvalue weighted by atomic mass is 9.91. The van der Waals surface area contributed by atoms with Crippen molar-refractivity contribution in [2.45, 2.75) is 118 Å². The van der Waals surface area contributed by atoms with E-state index in [1.807, 2.05) is 20.8 Å². The summed E-state index contributed by atoms with van der Waals surface area (Å²) in [4.78, 5) is 50.4. The molecule has 0 radical (unpaired) electrons. The fraction of sp³-hybridized carbons (Fsp3) is 0.875. The van der Waals surface area contributed by atoms with E-state index in [0.717, 1.165) is 32.1 Å². The van der Waals surface area contributed by atoms with Gasteiger partial charge in [-0.1, -0.05) is 68.2 Å². The minimum Gasteiger partial charge on any atom is -0.379 e. The maximum Gasteiger partial charge on any atom is 0.242 e. The van der Waals surface area contributed by atoms with E-state index in [1.165, 1.54) is 13.5 Å². The van der Waals surface area contributed by atoms with Crippen LogP contribution < -0.4 is 16.4 Å². The predicted octanol–water partition coefficient (Wildman–Crippen LogP) is 3.14. The summed E-state index contributed by atoms with van der Waals surface area (Å²) in [6.07, 6.45) is 5.21. The van der Waals surface area contributed by atoms with Crippen molar-refractivity contribution in [3.63, 3.8) is 0 Å². The Morgan fingerprint density at radius 2 is 1.61 bits per heavy atom. The number of ether oxygens (including phenoxy) is 2. The molecular formula is C32H64FN5O6. The summed E-state index contributed by atoms with van der Waals surface area (Å²) in [6.45, 7) is 16.1. The third-order valence-electron chi connectivity index (χ3n) is 8.02. The van der Waals surface area contributed by atoms with Crippen molar-refractivity contribution < 1.29 is 33.0 Å². The molecule has 4 N–H and O–H groups in total. The topological polar surface area (TPSA) is 143 Å². The van der Waals surface area contributed by atoms with Gasteiger partial charge in [0.15, 0.2) is 0 Å². The summed E-state index contributed by atoms with van der Waals surface area (Å²) in [6, 6.07) is -0.683. The van der Waals surface area contributed by atoms with E-state index < -0.39 is 18.6 Å². The normalized spacial score (nSPS) is 18.3. The molecule has 1 rings (SSSR count). The second-order valence-corrected chi connectivity index (χ2v) is 11.8. The van der Waals surface area contributed by atoms with Gasteiger partial charge in [-0.2, -0.15) is 0 Å². The first-order chi connectivity index (χ1) is 20.8. The number of hydrogen-bond donors (Lipinski definition) is 3. The molecule has 12 heteroatoms. The van der Waals surface area contributed by atoms with Gasteiger partial charge < -0.3 is 35.6 Å². The van der Waals surface area contributed by atoms with Crippen LogP contribution in [-0.2, 0) is 28.7 Å². The van der Waals surface area contributed by atoms with E-state index in [9.17, 15) is 23.6 Å². The fourth-order valence-corrected chi connectivity index (χ4v) is 5.13. The summed E-state index contributed by atoms with van der Waals surface area (Å²) < 4.78 is 22.9. The third-order valence-corrected chi connectivity index (χ3v) is 8.02. The molecule has 1 saturated heterocycles. The first kappa shape index (κ1) is 43.8. The standard InChI is InChI=1S/C17H35N3O3.C12H21FN2O3.C3H8/c1-8-12(5)16(13(9-2)23-7)20(6)14(21)10-19-17(22)15(18)11(3)4;1-9(12(17)14-6-5-13)11(18-2)10-4-3-7-15(10)8-16;1-3-2/h11-13,15-16H,8-10,18H2,1-7H3,(H,19,22);8-11H,3-7H2,1-2H3,(H,14,17);3H2,1-2H3. The second kappa shape index (κ2) is 24.9. The number of alkyl halides is 1. The van der Waals surface area contributed by atoms with E-state index in [0.29, 0.717) is 12.5 Å². The van der Waals surface area contributed by atoms with E-state index in [-0.39, 0.29) is 61.0 Å². The number of methoxy groups -OCH3 is 2. The molecule has 0 aliphatic carbocycles. The first-order valence-corrected chi connectivity index (χ1v) is 16.2. The van der Waals surface area contributed by atoms with Gasteiger partial charge in [0, 0.05) is 34.4 Å². The molecule has 1 aliphatic heterocycles. The highest BCUT2D eigenvalue weighted by Crippen LogP contribution is 2.25. The fourth-order valence-electron chi connectivity index (χ4n) is 5.13. The minimum atomic E-state index is -0.596. The van der Waals surface area contributed by atoms with E-state index in [2.05, 4.69) is 38.3 Å². The van der Waals surface area contributed by atoms with Crippen LogP contribution in [-0.4, -0.2) is 112 Å². The van der Waals surface area contributed by atoms with Crippen molar-refractivity contribution in [3.8, 4) is 0 Å². The van der Waals surface area contributed by atoms with Gasteiger partial charge in [0.1, 0.15) is 6.67 Å². The number of halogens is 1. The zero-order valence-corrected chi connectivity index (χ0v) is 29.4. The summed E-state index contributed by atoms with van der Waals surface area (Å²) in [5.74, 6) is -0.726. The third kappa shape index (κ3) is 15.1. The molecule has 0 saturated carbocycles. The highest BCUT2D eigenvalue weighted by Gasteiger charge is 2.37. The number of likely N-dealkylation sites (tertiary alicyclic amines) is 1. The van der Waals surface area contributed by atoms with Crippen LogP contribution in [0.2, 0.25) is 0 Å². The van der Waals surface area contributed by atoms with Gasteiger partial charge in [0.25, 0.3) is 0 Å². The number of hydrogen-bond acceptors (Lipinski definition) is 7. The summed E-state index contributed by atoms with van der Waals surface area (Å²) in [5, 5.41) is 5.14. The van der Waals surface area contributed by atoms with Gasteiger partial charge in [-0.15, -0.1) is 0 Å². The molecule has 260 valence electrons. The summed E-state index contributed by atoms with van der Waals surface area (Å²) in [5.41, 5.74) is 5.79. The van der Waals surface area contributed by atoms with E-state index in [4.69, 9.17) is 15.2 Å². The molecule has 0 aromatic rings. The maximum atomic E-state index is 12.5. The lowest BCUT2D eigenvalue weighted by molar-refractivity contribution is -0.138. The molecule has 7 unspecified atom stereocenters. The SMILES string of the molecule is CCC.CCC(C)C(C(CC)OC)N(C)C(=O)CNC(=O)C(N)C(C)C.COC(C(C)C(=O)NCCF)C1CCCN1C=O. The summed E-state index contributed by atoms with van der Waals surface area (Å²) in [7, 11) is 4.98. The van der Waals surface area contributed by atoms with Gasteiger partial charge in [0.2, 0.25) is 24.1 Å². The van der Waals surface area contributed by atoms with Crippen LogP contribution in [0.25, 0.3) is 0 Å². The Kier molecular flexibility index (Phi) is 24.8. The Morgan fingerprint density at radius 3 is 2.05 bits per heavy atom. The zero-order chi connectivity index (χ0) is 34.4. The van der Waals surface area contributed by atoms with Crippen LogP contribution in [0, 0.1) is 17.8 Å². The first-order valence-electron chi connectivity index (χ1n) is 16.2. The Labute approximate surface area is 266 Å². The van der Waals surface area contributed by atoms with E-state index in [1.54, 1.807) is 30.9 Å². The van der Waals surface area contributed by atoms with Crippen molar-refractivity contribution >= 4 is 24.1 Å². The monoisotopic (exact) mass is 633 g/mol. The van der Waals surface area contributed by atoms with Crippen LogP contribution in [0.1, 0.15) is 87.5 Å². The van der Waals surface area contributed by atoms with Gasteiger partial charge in [0.05, 0.1) is 42.8 Å². The molecular weight excluding hydrogens is 569 g/mol. The largest absolute Gasteiger partial charge is 0.379 e. The van der Waals surface area contributed by atoms with Crippen molar-refractivity contribution in [2.24, 2.45) is 23.5 Å². The van der Waals surface area contributed by atoms with Gasteiger partial charge in [-0.3, -0.25) is 19.2 Å². The Bertz CT molecular complexity index is 801. The predicted molar refractivity (Wildman–Crippen MR) is 174 cm³/mol. The Balaban J connectivity index is 0. The Morgan fingerprint density at radius 1 is 1.02 bits per heavy atom. The highest BCUT2D eigenvalue weighted by molar-refractivity contribution is 5.87. The van der Waals surface area contributed by atoms with Crippen molar-refractivity contribution in [2.75, 3.05) is 47.6 Å². The minimum absolute atomic E-state index is 0.0155. The van der Waals surface area contributed by atoms with Gasteiger partial charge in [-0.25, -0.2) is 4.39 Å². The molecule has 7 atom stereocenters. The van der Waals surface area contributed by atoms with Crippen LogP contribution in [0.4, 0.5) is 4.39 Å². The quantitative estimate of drug-likeness (QED) is 0.209. The number of amides is 4. The molecule has 4 amide bonds. The Hall–Kier alpha value is -2.31. The second-order valence-electron chi connectivity index (χ2n) is 11.8. The van der Waals surface area contributed by atoms with Crippen LogP contribution in [0.5, 0.6) is 0 Å². The number of likely N-dealkylation sites (N-methyl/N-ethyl adjacent to an activating group) is 1. The highest BCUT2D eigenvalue weighted by atomic mass is 19.1. The number of nitrogens with one attached hydrogen (secondary N) is 2. The zero-order valence-electron chi connectivity index (χ0n) is 29.4. The molecule has 0 spiro atoms.